The van der Waals surface area contributed by atoms with E-state index in [4.69, 9.17) is 4.74 Å². The predicted octanol–water partition coefficient (Wildman–Crippen LogP) is 2.82. The fraction of sp³-hybridized carbons (Fsp3) is 0.429. The van der Waals surface area contributed by atoms with Crippen molar-refractivity contribution in [2.24, 2.45) is 0 Å². The molecule has 1 heterocycles. The van der Waals surface area contributed by atoms with Crippen LogP contribution in [0.25, 0.3) is 0 Å². The Kier molecular flexibility index (Phi) is 6.08. The Balaban J connectivity index is 1.66. The molecule has 25 heavy (non-hydrogen) atoms. The zero-order valence-electron chi connectivity index (χ0n) is 15.2. The maximum Gasteiger partial charge on any atom is 0.125 e. The summed E-state index contributed by atoms with van der Waals surface area (Å²) in [5.41, 5.74) is 4.28. The van der Waals surface area contributed by atoms with Crippen LogP contribution in [0.5, 0.6) is 5.75 Å². The molecular formula is C21H28N2O2. The van der Waals surface area contributed by atoms with Gasteiger partial charge < -0.3 is 15.2 Å². The summed E-state index contributed by atoms with van der Waals surface area (Å²) in [6, 6.07) is 14.3. The molecule has 1 atom stereocenters. The van der Waals surface area contributed by atoms with E-state index in [1.165, 1.54) is 0 Å². The second-order valence-corrected chi connectivity index (χ2v) is 6.82. The number of aryl methyl sites for hydroxylation is 2. The molecule has 1 aliphatic rings. The Morgan fingerprint density at radius 3 is 2.36 bits per heavy atom. The van der Waals surface area contributed by atoms with E-state index in [1.54, 1.807) is 0 Å². The molecule has 0 saturated carbocycles. The molecule has 0 amide bonds. The third-order valence-electron chi connectivity index (χ3n) is 4.73. The quantitative estimate of drug-likeness (QED) is 0.849. The molecule has 2 N–H and O–H groups in total. The fourth-order valence-corrected chi connectivity index (χ4v) is 3.38. The van der Waals surface area contributed by atoms with E-state index in [1.807, 2.05) is 32.0 Å². The average Bonchev–Trinajstić information content (AvgIpc) is 2.62. The summed E-state index contributed by atoms with van der Waals surface area (Å²) >= 11 is 0. The van der Waals surface area contributed by atoms with Crippen molar-refractivity contribution in [2.75, 3.05) is 32.7 Å². The average molecular weight is 340 g/mol. The lowest BCUT2D eigenvalue weighted by molar-refractivity contribution is 0.105. The van der Waals surface area contributed by atoms with Gasteiger partial charge in [-0.15, -0.1) is 0 Å². The van der Waals surface area contributed by atoms with Crippen LogP contribution in [-0.4, -0.2) is 42.7 Å². The molecule has 2 aromatic rings. The molecule has 1 aliphatic heterocycles. The first-order valence-corrected chi connectivity index (χ1v) is 9.02. The van der Waals surface area contributed by atoms with Gasteiger partial charge in [-0.1, -0.05) is 30.3 Å². The highest BCUT2D eigenvalue weighted by Crippen LogP contribution is 2.28. The molecule has 3 rings (SSSR count). The summed E-state index contributed by atoms with van der Waals surface area (Å²) in [6.45, 7) is 9.33. The van der Waals surface area contributed by atoms with Crippen LogP contribution in [0.15, 0.2) is 42.5 Å². The van der Waals surface area contributed by atoms with Gasteiger partial charge in [0.1, 0.15) is 12.4 Å². The number of benzene rings is 2. The van der Waals surface area contributed by atoms with Gasteiger partial charge in [-0.25, -0.2) is 0 Å². The minimum Gasteiger partial charge on any atom is -0.488 e. The number of rotatable bonds is 6. The van der Waals surface area contributed by atoms with Gasteiger partial charge in [0.25, 0.3) is 0 Å². The number of aliphatic hydroxyl groups is 1. The summed E-state index contributed by atoms with van der Waals surface area (Å²) in [5, 5.41) is 14.0. The zero-order valence-corrected chi connectivity index (χ0v) is 15.2. The molecule has 0 radical (unpaired) electrons. The summed E-state index contributed by atoms with van der Waals surface area (Å²) in [5.74, 6) is 0.918. The molecule has 134 valence electrons. The van der Waals surface area contributed by atoms with E-state index in [0.29, 0.717) is 13.2 Å². The lowest BCUT2D eigenvalue weighted by Gasteiger charge is -2.29. The second kappa shape index (κ2) is 8.48. The van der Waals surface area contributed by atoms with Crippen molar-refractivity contribution in [3.8, 4) is 5.75 Å². The Morgan fingerprint density at radius 1 is 1.08 bits per heavy atom. The van der Waals surface area contributed by atoms with Crippen LogP contribution in [0.4, 0.5) is 0 Å². The van der Waals surface area contributed by atoms with Gasteiger partial charge in [0.05, 0.1) is 6.10 Å². The van der Waals surface area contributed by atoms with E-state index in [9.17, 15) is 5.11 Å². The van der Waals surface area contributed by atoms with E-state index >= 15 is 0 Å². The number of piperazine rings is 1. The highest BCUT2D eigenvalue weighted by Gasteiger charge is 2.17. The van der Waals surface area contributed by atoms with E-state index in [0.717, 1.165) is 54.2 Å². The van der Waals surface area contributed by atoms with Gasteiger partial charge in [0.15, 0.2) is 0 Å². The minimum atomic E-state index is -0.460. The first kappa shape index (κ1) is 17.9. The van der Waals surface area contributed by atoms with Gasteiger partial charge in [-0.2, -0.15) is 0 Å². The molecule has 0 bridgehead atoms. The largest absolute Gasteiger partial charge is 0.488 e. The van der Waals surface area contributed by atoms with Crippen LogP contribution in [-0.2, 0) is 6.61 Å². The third kappa shape index (κ3) is 4.82. The standard InChI is InChI=1S/C21H28N2O2/c1-16-12-19(20(24)14-23-10-8-22-9-11-23)13-17(2)21(16)25-15-18-6-4-3-5-7-18/h3-7,12-13,20,22,24H,8-11,14-15H2,1-2H3. The Morgan fingerprint density at radius 2 is 1.72 bits per heavy atom. The van der Waals surface area contributed by atoms with Gasteiger partial charge in [0, 0.05) is 32.7 Å². The second-order valence-electron chi connectivity index (χ2n) is 6.82. The Hall–Kier alpha value is -1.88. The molecule has 0 spiro atoms. The van der Waals surface area contributed by atoms with E-state index < -0.39 is 6.10 Å². The van der Waals surface area contributed by atoms with Crippen molar-refractivity contribution in [2.45, 2.75) is 26.6 Å². The Labute approximate surface area is 150 Å². The summed E-state index contributed by atoms with van der Waals surface area (Å²) in [7, 11) is 0. The van der Waals surface area contributed by atoms with Gasteiger partial charge in [0.2, 0.25) is 0 Å². The van der Waals surface area contributed by atoms with Gasteiger partial charge in [-0.3, -0.25) is 4.90 Å². The molecule has 2 aromatic carbocycles. The van der Waals surface area contributed by atoms with Crippen molar-refractivity contribution in [1.82, 2.24) is 10.2 Å². The van der Waals surface area contributed by atoms with Crippen molar-refractivity contribution >= 4 is 0 Å². The Bertz CT molecular complexity index is 659. The number of ether oxygens (including phenoxy) is 1. The molecular weight excluding hydrogens is 312 g/mol. The molecule has 0 aliphatic carbocycles. The van der Waals surface area contributed by atoms with Crippen LogP contribution in [0, 0.1) is 13.8 Å². The topological polar surface area (TPSA) is 44.7 Å². The smallest absolute Gasteiger partial charge is 0.125 e. The molecule has 0 aromatic heterocycles. The first-order chi connectivity index (χ1) is 12.1. The molecule has 1 fully saturated rings. The number of hydrogen-bond donors (Lipinski definition) is 2. The lowest BCUT2D eigenvalue weighted by Crippen LogP contribution is -2.44. The van der Waals surface area contributed by atoms with Crippen molar-refractivity contribution in [1.29, 1.82) is 0 Å². The molecule has 4 nitrogen and oxygen atoms in total. The predicted molar refractivity (Wildman–Crippen MR) is 101 cm³/mol. The molecule has 1 unspecified atom stereocenters. The number of hydrogen-bond acceptors (Lipinski definition) is 4. The van der Waals surface area contributed by atoms with Crippen LogP contribution < -0.4 is 10.1 Å². The van der Waals surface area contributed by atoms with E-state index in [2.05, 4.69) is 34.5 Å². The van der Waals surface area contributed by atoms with Gasteiger partial charge >= 0.3 is 0 Å². The normalized spacial score (nSPS) is 16.6. The van der Waals surface area contributed by atoms with Crippen molar-refractivity contribution < 1.29 is 9.84 Å². The maximum atomic E-state index is 10.6. The minimum absolute atomic E-state index is 0.460. The fourth-order valence-electron chi connectivity index (χ4n) is 3.38. The number of aliphatic hydroxyl groups excluding tert-OH is 1. The number of β-amino-alcohol motifs (C(OH)–C–C–N with tert-alkyl or cyclic N) is 1. The zero-order chi connectivity index (χ0) is 17.6. The maximum absolute atomic E-state index is 10.6. The summed E-state index contributed by atoms with van der Waals surface area (Å²) < 4.78 is 6.04. The summed E-state index contributed by atoms with van der Waals surface area (Å²) in [4.78, 5) is 2.31. The van der Waals surface area contributed by atoms with Crippen molar-refractivity contribution in [3.05, 3.63) is 64.7 Å². The third-order valence-corrected chi connectivity index (χ3v) is 4.73. The van der Waals surface area contributed by atoms with Crippen LogP contribution >= 0.6 is 0 Å². The van der Waals surface area contributed by atoms with E-state index in [-0.39, 0.29) is 0 Å². The van der Waals surface area contributed by atoms with Crippen LogP contribution in [0.2, 0.25) is 0 Å². The number of nitrogens with zero attached hydrogens (tertiary/aromatic N) is 1. The number of nitrogens with one attached hydrogen (secondary N) is 1. The van der Waals surface area contributed by atoms with Crippen molar-refractivity contribution in [3.63, 3.8) is 0 Å². The molecule has 4 heteroatoms. The first-order valence-electron chi connectivity index (χ1n) is 9.02. The monoisotopic (exact) mass is 340 g/mol. The summed E-state index contributed by atoms with van der Waals surface area (Å²) in [6.07, 6.45) is -0.460. The SMILES string of the molecule is Cc1cc(C(O)CN2CCNCC2)cc(C)c1OCc1ccccc1. The lowest BCUT2D eigenvalue weighted by atomic mass is 10.0. The highest BCUT2D eigenvalue weighted by molar-refractivity contribution is 5.44. The van der Waals surface area contributed by atoms with Gasteiger partial charge in [-0.05, 0) is 48.2 Å². The van der Waals surface area contributed by atoms with Crippen LogP contribution in [0.1, 0.15) is 28.4 Å². The highest BCUT2D eigenvalue weighted by atomic mass is 16.5. The molecule has 1 saturated heterocycles. The van der Waals surface area contributed by atoms with Crippen LogP contribution in [0.3, 0.4) is 0 Å².